The summed E-state index contributed by atoms with van der Waals surface area (Å²) < 4.78 is 5.84. The number of rotatable bonds is 4. The SMILES string of the molecule is CCOC(=O)c1ccc2nc(NC(=O)NC3CCCCC3)sc2c1. The number of nitrogens with one attached hydrogen (secondary N) is 2. The van der Waals surface area contributed by atoms with Crippen LogP contribution in [0.1, 0.15) is 49.4 Å². The molecule has 1 saturated carbocycles. The van der Waals surface area contributed by atoms with Crippen LogP contribution in [0.5, 0.6) is 0 Å². The van der Waals surface area contributed by atoms with Crippen LogP contribution in [0.2, 0.25) is 0 Å². The number of aromatic nitrogens is 1. The van der Waals surface area contributed by atoms with Gasteiger partial charge < -0.3 is 10.1 Å². The molecule has 2 aromatic rings. The molecular formula is C17H21N3O3S. The molecule has 0 unspecified atom stereocenters. The Kier molecular flexibility index (Phi) is 5.30. The number of urea groups is 1. The smallest absolute Gasteiger partial charge is 0.338 e. The Bertz CT molecular complexity index is 738. The van der Waals surface area contributed by atoms with Crippen LogP contribution >= 0.6 is 11.3 Å². The summed E-state index contributed by atoms with van der Waals surface area (Å²) >= 11 is 1.35. The van der Waals surface area contributed by atoms with Crippen LogP contribution in [0.3, 0.4) is 0 Å². The molecule has 2 amide bonds. The average molecular weight is 347 g/mol. The lowest BCUT2D eigenvalue weighted by Crippen LogP contribution is -2.38. The molecule has 1 heterocycles. The van der Waals surface area contributed by atoms with Crippen LogP contribution in [0, 0.1) is 0 Å². The van der Waals surface area contributed by atoms with Gasteiger partial charge in [-0.1, -0.05) is 30.6 Å². The van der Waals surface area contributed by atoms with Gasteiger partial charge in [-0.3, -0.25) is 5.32 Å². The van der Waals surface area contributed by atoms with Crippen LogP contribution < -0.4 is 10.6 Å². The first-order chi connectivity index (χ1) is 11.7. The molecule has 0 atom stereocenters. The maximum absolute atomic E-state index is 12.1. The lowest BCUT2D eigenvalue weighted by Gasteiger charge is -2.22. The number of thiazole rings is 1. The fraction of sp³-hybridized carbons (Fsp3) is 0.471. The van der Waals surface area contributed by atoms with Gasteiger partial charge >= 0.3 is 12.0 Å². The number of carbonyl (C=O) groups excluding carboxylic acids is 2. The fourth-order valence-electron chi connectivity index (χ4n) is 2.89. The van der Waals surface area contributed by atoms with Gasteiger partial charge in [0.15, 0.2) is 5.13 Å². The minimum Gasteiger partial charge on any atom is -0.462 e. The van der Waals surface area contributed by atoms with E-state index in [4.69, 9.17) is 4.74 Å². The van der Waals surface area contributed by atoms with E-state index in [-0.39, 0.29) is 18.0 Å². The molecule has 1 aliphatic rings. The van der Waals surface area contributed by atoms with Crippen molar-refractivity contribution in [1.29, 1.82) is 0 Å². The average Bonchev–Trinajstić information content (AvgIpc) is 2.97. The van der Waals surface area contributed by atoms with Crippen molar-refractivity contribution in [1.82, 2.24) is 10.3 Å². The number of nitrogens with zero attached hydrogens (tertiary/aromatic N) is 1. The van der Waals surface area contributed by atoms with E-state index in [0.29, 0.717) is 17.3 Å². The molecule has 7 heteroatoms. The van der Waals surface area contributed by atoms with Crippen molar-refractivity contribution in [3.05, 3.63) is 23.8 Å². The molecule has 24 heavy (non-hydrogen) atoms. The molecule has 0 radical (unpaired) electrons. The standard InChI is InChI=1S/C17H21N3O3S/c1-2-23-15(21)11-8-9-13-14(10-11)24-17(19-13)20-16(22)18-12-6-4-3-5-7-12/h8-10,12H,2-7H2,1H3,(H2,18,19,20,22). The van der Waals surface area contributed by atoms with E-state index >= 15 is 0 Å². The number of hydrogen-bond donors (Lipinski definition) is 2. The molecule has 0 bridgehead atoms. The number of benzene rings is 1. The summed E-state index contributed by atoms with van der Waals surface area (Å²) in [6.45, 7) is 2.11. The Morgan fingerprint density at radius 1 is 1.29 bits per heavy atom. The summed E-state index contributed by atoms with van der Waals surface area (Å²) in [5.41, 5.74) is 1.24. The van der Waals surface area contributed by atoms with E-state index in [9.17, 15) is 9.59 Å². The highest BCUT2D eigenvalue weighted by molar-refractivity contribution is 7.22. The van der Waals surface area contributed by atoms with Crippen LogP contribution in [0.25, 0.3) is 10.2 Å². The quantitative estimate of drug-likeness (QED) is 0.821. The van der Waals surface area contributed by atoms with Gasteiger partial charge in [-0.15, -0.1) is 0 Å². The van der Waals surface area contributed by atoms with Crippen molar-refractivity contribution in [2.24, 2.45) is 0 Å². The number of anilines is 1. The molecule has 1 aromatic heterocycles. The van der Waals surface area contributed by atoms with E-state index in [0.717, 1.165) is 23.1 Å². The second kappa shape index (κ2) is 7.61. The zero-order valence-corrected chi connectivity index (χ0v) is 14.4. The summed E-state index contributed by atoms with van der Waals surface area (Å²) in [4.78, 5) is 28.3. The number of ether oxygens (including phenoxy) is 1. The Morgan fingerprint density at radius 3 is 2.83 bits per heavy atom. The van der Waals surface area contributed by atoms with Gasteiger partial charge in [-0.25, -0.2) is 14.6 Å². The lowest BCUT2D eigenvalue weighted by molar-refractivity contribution is 0.0526. The largest absolute Gasteiger partial charge is 0.462 e. The molecule has 1 fully saturated rings. The highest BCUT2D eigenvalue weighted by Crippen LogP contribution is 2.27. The summed E-state index contributed by atoms with van der Waals surface area (Å²) in [6, 6.07) is 5.24. The van der Waals surface area contributed by atoms with Crippen LogP contribution in [-0.4, -0.2) is 29.6 Å². The fourth-order valence-corrected chi connectivity index (χ4v) is 3.79. The van der Waals surface area contributed by atoms with Gasteiger partial charge in [-0.2, -0.15) is 0 Å². The van der Waals surface area contributed by atoms with Crippen molar-refractivity contribution in [3.63, 3.8) is 0 Å². The Labute approximate surface area is 144 Å². The maximum Gasteiger partial charge on any atom is 0.338 e. The molecule has 1 aromatic carbocycles. The number of fused-ring (bicyclic) bond motifs is 1. The summed E-state index contributed by atoms with van der Waals surface area (Å²) in [7, 11) is 0. The summed E-state index contributed by atoms with van der Waals surface area (Å²) in [5.74, 6) is -0.350. The highest BCUT2D eigenvalue weighted by Gasteiger charge is 2.17. The van der Waals surface area contributed by atoms with Crippen molar-refractivity contribution >= 4 is 38.7 Å². The van der Waals surface area contributed by atoms with E-state index in [1.54, 1.807) is 25.1 Å². The zero-order valence-electron chi connectivity index (χ0n) is 13.6. The first kappa shape index (κ1) is 16.7. The molecular weight excluding hydrogens is 326 g/mol. The predicted molar refractivity (Wildman–Crippen MR) is 94.6 cm³/mol. The molecule has 3 rings (SSSR count). The highest BCUT2D eigenvalue weighted by atomic mass is 32.1. The van der Waals surface area contributed by atoms with Crippen molar-refractivity contribution in [2.75, 3.05) is 11.9 Å². The van der Waals surface area contributed by atoms with Crippen molar-refractivity contribution < 1.29 is 14.3 Å². The topological polar surface area (TPSA) is 80.3 Å². The summed E-state index contributed by atoms with van der Waals surface area (Å²) in [6.07, 6.45) is 5.66. The number of carbonyl (C=O) groups is 2. The van der Waals surface area contributed by atoms with Crippen molar-refractivity contribution in [2.45, 2.75) is 45.1 Å². The Morgan fingerprint density at radius 2 is 2.08 bits per heavy atom. The normalized spacial score (nSPS) is 15.2. The molecule has 0 aliphatic heterocycles. The molecule has 1 aliphatic carbocycles. The first-order valence-electron chi connectivity index (χ1n) is 8.31. The molecule has 2 N–H and O–H groups in total. The number of esters is 1. The van der Waals surface area contributed by atoms with Gasteiger partial charge in [-0.05, 0) is 38.0 Å². The second-order valence-corrected chi connectivity index (χ2v) is 6.89. The molecule has 0 spiro atoms. The van der Waals surface area contributed by atoms with Gasteiger partial charge in [0.2, 0.25) is 0 Å². The lowest BCUT2D eigenvalue weighted by atomic mass is 9.96. The van der Waals surface area contributed by atoms with Crippen LogP contribution in [-0.2, 0) is 4.74 Å². The Hall–Kier alpha value is -2.15. The molecule has 128 valence electrons. The zero-order chi connectivity index (χ0) is 16.9. The minimum atomic E-state index is -0.350. The van der Waals surface area contributed by atoms with E-state index < -0.39 is 0 Å². The van der Waals surface area contributed by atoms with E-state index in [1.807, 2.05) is 0 Å². The van der Waals surface area contributed by atoms with Crippen LogP contribution in [0.15, 0.2) is 18.2 Å². The van der Waals surface area contributed by atoms with Gasteiger partial charge in [0.25, 0.3) is 0 Å². The van der Waals surface area contributed by atoms with E-state index in [1.165, 1.54) is 30.6 Å². The number of amides is 2. The van der Waals surface area contributed by atoms with E-state index in [2.05, 4.69) is 15.6 Å². The second-order valence-electron chi connectivity index (χ2n) is 5.86. The van der Waals surface area contributed by atoms with Crippen molar-refractivity contribution in [3.8, 4) is 0 Å². The third-order valence-corrected chi connectivity index (χ3v) is 4.99. The third-order valence-electron chi connectivity index (χ3n) is 4.06. The monoisotopic (exact) mass is 347 g/mol. The van der Waals surface area contributed by atoms with Crippen LogP contribution in [0.4, 0.5) is 9.93 Å². The minimum absolute atomic E-state index is 0.216. The number of hydrogen-bond acceptors (Lipinski definition) is 5. The third kappa shape index (κ3) is 4.03. The predicted octanol–water partition coefficient (Wildman–Crippen LogP) is 3.93. The Balaban J connectivity index is 1.66. The first-order valence-corrected chi connectivity index (χ1v) is 9.12. The molecule has 0 saturated heterocycles. The summed E-state index contributed by atoms with van der Waals surface area (Å²) in [5, 5.41) is 6.32. The van der Waals surface area contributed by atoms with Gasteiger partial charge in [0, 0.05) is 6.04 Å². The maximum atomic E-state index is 12.1. The van der Waals surface area contributed by atoms with Gasteiger partial charge in [0.1, 0.15) is 0 Å². The molecule has 6 nitrogen and oxygen atoms in total. The van der Waals surface area contributed by atoms with Gasteiger partial charge in [0.05, 0.1) is 22.4 Å².